The quantitative estimate of drug-likeness (QED) is 0.302. The van der Waals surface area contributed by atoms with Gasteiger partial charge in [-0.15, -0.1) is 13.2 Å². The van der Waals surface area contributed by atoms with Crippen molar-refractivity contribution in [1.82, 2.24) is 4.57 Å². The zero-order chi connectivity index (χ0) is 28.8. The van der Waals surface area contributed by atoms with Crippen molar-refractivity contribution in [2.45, 2.75) is 25.6 Å². The zero-order valence-corrected chi connectivity index (χ0v) is 22.3. The van der Waals surface area contributed by atoms with E-state index >= 15 is 0 Å². The van der Waals surface area contributed by atoms with Crippen LogP contribution in [-0.4, -0.2) is 38.6 Å². The summed E-state index contributed by atoms with van der Waals surface area (Å²) in [7, 11) is -2.10. The molecule has 0 saturated heterocycles. The Hall–Kier alpha value is -4.19. The first kappa shape index (κ1) is 27.8. The number of sulfonamides is 1. The number of hydrogen-bond acceptors (Lipinski definition) is 5. The van der Waals surface area contributed by atoms with Gasteiger partial charge in [-0.25, -0.2) is 8.42 Å². The minimum absolute atomic E-state index is 0.138. The molecular formula is C27H26F3N3O5S. The Balaban J connectivity index is 1.91. The number of hydrogen-bond donors (Lipinski definition) is 2. The van der Waals surface area contributed by atoms with Crippen LogP contribution >= 0.6 is 0 Å². The molecule has 4 rings (SSSR count). The zero-order valence-electron chi connectivity index (χ0n) is 21.5. The number of anilines is 1. The number of nitrogens with one attached hydrogen (secondary N) is 1. The van der Waals surface area contributed by atoms with Crippen LogP contribution < -0.4 is 19.9 Å². The van der Waals surface area contributed by atoms with Gasteiger partial charge in [0.25, 0.3) is 5.91 Å². The fourth-order valence-corrected chi connectivity index (χ4v) is 4.93. The molecule has 0 saturated carbocycles. The fraction of sp³-hybridized carbons (Fsp3) is 0.222. The number of halogens is 3. The van der Waals surface area contributed by atoms with Crippen molar-refractivity contribution >= 4 is 32.5 Å². The van der Waals surface area contributed by atoms with Gasteiger partial charge in [0, 0.05) is 16.9 Å². The lowest BCUT2D eigenvalue weighted by molar-refractivity contribution is -0.274. The molecule has 0 aliphatic heterocycles. The summed E-state index contributed by atoms with van der Waals surface area (Å²) in [4.78, 5) is 12.4. The molecule has 206 valence electrons. The minimum Gasteiger partial charge on any atom is -0.497 e. The summed E-state index contributed by atoms with van der Waals surface area (Å²) in [6.07, 6.45) is -3.81. The van der Waals surface area contributed by atoms with Crippen LogP contribution in [0.25, 0.3) is 16.6 Å². The molecule has 0 radical (unpaired) electrons. The maximum atomic E-state index is 12.8. The Bertz CT molecular complexity index is 1680. The highest BCUT2D eigenvalue weighted by molar-refractivity contribution is 7.92. The Morgan fingerprint density at radius 3 is 2.26 bits per heavy atom. The number of methoxy groups -OCH3 is 1. The van der Waals surface area contributed by atoms with Gasteiger partial charge in [0.2, 0.25) is 10.0 Å². The number of nitrogens with two attached hydrogens (primary N) is 1. The summed E-state index contributed by atoms with van der Waals surface area (Å²) >= 11 is 0. The first-order valence-corrected chi connectivity index (χ1v) is 13.5. The third-order valence-electron chi connectivity index (χ3n) is 6.26. The molecule has 0 fully saturated rings. The summed E-state index contributed by atoms with van der Waals surface area (Å²) in [5, 5.41) is 0.628. The van der Waals surface area contributed by atoms with Crippen LogP contribution in [0.15, 0.2) is 66.7 Å². The Labute approximate surface area is 223 Å². The predicted octanol–water partition coefficient (Wildman–Crippen LogP) is 5.33. The summed E-state index contributed by atoms with van der Waals surface area (Å²) in [5.41, 5.74) is 7.44. The first-order valence-electron chi connectivity index (χ1n) is 11.6. The molecular weight excluding hydrogens is 535 g/mol. The number of primary amides is 1. The Morgan fingerprint density at radius 1 is 0.949 bits per heavy atom. The first-order chi connectivity index (χ1) is 18.1. The summed E-state index contributed by atoms with van der Waals surface area (Å²) < 4.78 is 75.7. The molecule has 8 nitrogen and oxygen atoms in total. The van der Waals surface area contributed by atoms with Crippen molar-refractivity contribution in [1.29, 1.82) is 0 Å². The van der Waals surface area contributed by atoms with E-state index in [9.17, 15) is 26.4 Å². The van der Waals surface area contributed by atoms with Crippen molar-refractivity contribution in [3.05, 3.63) is 83.6 Å². The van der Waals surface area contributed by atoms with E-state index in [1.807, 2.05) is 13.8 Å². The maximum absolute atomic E-state index is 12.8. The van der Waals surface area contributed by atoms with Gasteiger partial charge >= 0.3 is 6.36 Å². The van der Waals surface area contributed by atoms with Crippen LogP contribution in [0.5, 0.6) is 11.5 Å². The molecule has 1 heterocycles. The second-order valence-electron chi connectivity index (χ2n) is 9.50. The molecule has 4 aromatic rings. The van der Waals surface area contributed by atoms with Crippen LogP contribution in [0.4, 0.5) is 18.9 Å². The van der Waals surface area contributed by atoms with Crippen molar-refractivity contribution < 1.29 is 35.9 Å². The number of nitrogens with zero attached hydrogens (tertiary/aromatic N) is 1. The second-order valence-corrected chi connectivity index (χ2v) is 11.2. The van der Waals surface area contributed by atoms with Crippen molar-refractivity contribution in [3.63, 3.8) is 0 Å². The number of aromatic nitrogens is 1. The highest BCUT2D eigenvalue weighted by atomic mass is 32.2. The van der Waals surface area contributed by atoms with E-state index in [2.05, 4.69) is 9.46 Å². The molecule has 0 atom stereocenters. The Kier molecular flexibility index (Phi) is 7.02. The van der Waals surface area contributed by atoms with Gasteiger partial charge in [-0.1, -0.05) is 32.0 Å². The van der Waals surface area contributed by atoms with E-state index in [1.165, 1.54) is 25.3 Å². The lowest BCUT2D eigenvalue weighted by Crippen LogP contribution is -2.21. The van der Waals surface area contributed by atoms with Crippen LogP contribution in [0.2, 0.25) is 0 Å². The normalized spacial score (nSPS) is 12.4. The minimum atomic E-state index is -4.84. The lowest BCUT2D eigenvalue weighted by Gasteiger charge is -2.28. The van der Waals surface area contributed by atoms with Gasteiger partial charge in [-0.3, -0.25) is 9.52 Å². The third kappa shape index (κ3) is 6.11. The molecule has 0 aliphatic rings. The summed E-state index contributed by atoms with van der Waals surface area (Å²) in [6, 6.07) is 17.3. The van der Waals surface area contributed by atoms with E-state index in [1.54, 1.807) is 53.1 Å². The largest absolute Gasteiger partial charge is 0.573 e. The number of fused-ring (bicyclic) bond motifs is 1. The van der Waals surface area contributed by atoms with Gasteiger partial charge in [0.1, 0.15) is 17.2 Å². The van der Waals surface area contributed by atoms with E-state index < -0.39 is 27.7 Å². The van der Waals surface area contributed by atoms with Crippen LogP contribution in [-0.2, 0) is 15.4 Å². The monoisotopic (exact) mass is 561 g/mol. The van der Waals surface area contributed by atoms with Gasteiger partial charge in [-0.2, -0.15) is 0 Å². The highest BCUT2D eigenvalue weighted by Gasteiger charge is 2.32. The predicted molar refractivity (Wildman–Crippen MR) is 142 cm³/mol. The average Bonchev–Trinajstić information content (AvgIpc) is 3.21. The van der Waals surface area contributed by atoms with Gasteiger partial charge in [0.15, 0.2) is 0 Å². The van der Waals surface area contributed by atoms with Crippen LogP contribution in [0, 0.1) is 0 Å². The average molecular weight is 562 g/mol. The molecule has 1 amide bonds. The van der Waals surface area contributed by atoms with Crippen molar-refractivity contribution in [2.75, 3.05) is 18.1 Å². The number of alkyl halides is 3. The van der Waals surface area contributed by atoms with E-state index in [-0.39, 0.29) is 17.1 Å². The standard InChI is InChI=1S/C27H26F3N3O5S/c1-26(2,17-6-5-7-21(12-17)38-27(28,29)30)18-11-20(15-22(13-18)37-3)33-23-14-19(32-39(4,35)36)9-8-16(23)10-24(33)25(31)34/h5-15,32H,1-4H3,(H2,31,34). The summed E-state index contributed by atoms with van der Waals surface area (Å²) in [5.74, 6) is -0.653. The van der Waals surface area contributed by atoms with Crippen LogP contribution in [0.1, 0.15) is 35.5 Å². The maximum Gasteiger partial charge on any atom is 0.573 e. The number of rotatable bonds is 8. The number of amides is 1. The number of carbonyl (C=O) groups excluding carboxylic acids is 1. The molecule has 3 N–H and O–H groups in total. The van der Waals surface area contributed by atoms with Crippen molar-refractivity contribution in [2.24, 2.45) is 5.73 Å². The lowest BCUT2D eigenvalue weighted by atomic mass is 9.78. The molecule has 0 aliphatic carbocycles. The van der Waals surface area contributed by atoms with Gasteiger partial charge in [0.05, 0.1) is 30.3 Å². The highest BCUT2D eigenvalue weighted by Crippen LogP contribution is 2.38. The van der Waals surface area contributed by atoms with E-state index in [0.29, 0.717) is 33.5 Å². The van der Waals surface area contributed by atoms with Gasteiger partial charge in [-0.05, 0) is 53.6 Å². The molecule has 1 aromatic heterocycles. The molecule has 0 bridgehead atoms. The Morgan fingerprint density at radius 2 is 1.64 bits per heavy atom. The van der Waals surface area contributed by atoms with Crippen LogP contribution in [0.3, 0.4) is 0 Å². The SMILES string of the molecule is COc1cc(-n2c(C(N)=O)cc3ccc(NS(C)(=O)=O)cc32)cc(C(C)(C)c2cccc(OC(F)(F)F)c2)c1. The number of carbonyl (C=O) groups is 1. The molecule has 0 unspecified atom stereocenters. The van der Waals surface area contributed by atoms with E-state index in [4.69, 9.17) is 10.5 Å². The van der Waals surface area contributed by atoms with Crippen molar-refractivity contribution in [3.8, 4) is 17.2 Å². The smallest absolute Gasteiger partial charge is 0.497 e. The second kappa shape index (κ2) is 9.84. The summed E-state index contributed by atoms with van der Waals surface area (Å²) in [6.45, 7) is 3.66. The van der Waals surface area contributed by atoms with Gasteiger partial charge < -0.3 is 19.8 Å². The topological polar surface area (TPSA) is 113 Å². The number of ether oxygens (including phenoxy) is 2. The fourth-order valence-electron chi connectivity index (χ4n) is 4.38. The molecule has 3 aromatic carbocycles. The third-order valence-corrected chi connectivity index (χ3v) is 6.86. The van der Waals surface area contributed by atoms with E-state index in [0.717, 1.165) is 6.26 Å². The molecule has 39 heavy (non-hydrogen) atoms. The number of benzene rings is 3. The molecule has 0 spiro atoms. The molecule has 12 heteroatoms.